The lowest BCUT2D eigenvalue weighted by Gasteiger charge is -2.10. The minimum absolute atomic E-state index is 0.119. The van der Waals surface area contributed by atoms with E-state index in [1.807, 2.05) is 32.0 Å². The van der Waals surface area contributed by atoms with Crippen molar-refractivity contribution in [3.63, 3.8) is 0 Å². The van der Waals surface area contributed by atoms with Crippen molar-refractivity contribution in [1.82, 2.24) is 9.78 Å². The van der Waals surface area contributed by atoms with Crippen LogP contribution in [0.3, 0.4) is 0 Å². The number of nitrogens with one attached hydrogen (secondary N) is 1. The van der Waals surface area contributed by atoms with Crippen LogP contribution in [0.15, 0.2) is 72.9 Å². The number of hydrogen-bond donors (Lipinski definition) is 1. The van der Waals surface area contributed by atoms with Gasteiger partial charge in [-0.05, 0) is 61.4 Å². The number of carbonyl (C=O) groups is 1. The van der Waals surface area contributed by atoms with Gasteiger partial charge in [0.1, 0.15) is 17.2 Å². The summed E-state index contributed by atoms with van der Waals surface area (Å²) in [5.41, 5.74) is 2.14. The molecule has 0 spiro atoms. The number of carbonyl (C=O) groups excluding carboxylic acids is 1. The number of nitrogens with zero attached hydrogens (tertiary/aromatic N) is 3. The molecule has 3 aromatic carbocycles. The van der Waals surface area contributed by atoms with Gasteiger partial charge in [0, 0.05) is 23.4 Å². The number of non-ortho nitro benzene ring substituents is 1. The Hall–Kier alpha value is -4.37. The molecule has 1 amide bonds. The van der Waals surface area contributed by atoms with Crippen molar-refractivity contribution in [2.75, 3.05) is 5.32 Å². The largest absolute Gasteiger partial charge is 0.471 e. The molecule has 4 rings (SSSR count). The number of hydrogen-bond acceptors (Lipinski definition) is 6. The van der Waals surface area contributed by atoms with Crippen LogP contribution in [0.4, 0.5) is 11.4 Å². The van der Waals surface area contributed by atoms with E-state index in [1.165, 1.54) is 28.9 Å². The summed E-state index contributed by atoms with van der Waals surface area (Å²) in [4.78, 5) is 23.6. The van der Waals surface area contributed by atoms with Gasteiger partial charge in [0.25, 0.3) is 11.6 Å². The monoisotopic (exact) mass is 492 g/mol. The Morgan fingerprint density at radius 1 is 1.06 bits per heavy atom. The highest BCUT2D eigenvalue weighted by molar-refractivity contribution is 6.30. The number of aryl methyl sites for hydroxylation is 2. The molecule has 178 valence electrons. The Balaban J connectivity index is 1.46. The van der Waals surface area contributed by atoms with Gasteiger partial charge in [-0.2, -0.15) is 5.10 Å². The first-order chi connectivity index (χ1) is 16.8. The van der Waals surface area contributed by atoms with Crippen LogP contribution in [-0.4, -0.2) is 20.6 Å². The van der Waals surface area contributed by atoms with Gasteiger partial charge in [0.05, 0.1) is 16.7 Å². The summed E-state index contributed by atoms with van der Waals surface area (Å²) in [5.74, 6) is 0.823. The average Bonchev–Trinajstić information content (AvgIpc) is 3.30. The van der Waals surface area contributed by atoms with Crippen LogP contribution >= 0.6 is 11.6 Å². The fourth-order valence-electron chi connectivity index (χ4n) is 3.21. The second-order valence-corrected chi connectivity index (χ2v) is 8.20. The normalized spacial score (nSPS) is 10.6. The fourth-order valence-corrected chi connectivity index (χ4v) is 3.33. The first-order valence-electron chi connectivity index (χ1n) is 10.5. The van der Waals surface area contributed by atoms with Crippen LogP contribution in [0.5, 0.6) is 17.2 Å². The molecular formula is C25H21ClN4O5. The number of anilines is 1. The Kier molecular flexibility index (Phi) is 6.98. The van der Waals surface area contributed by atoms with Crippen molar-refractivity contribution in [3.8, 4) is 17.2 Å². The Labute approximate surface area is 206 Å². The topological polar surface area (TPSA) is 109 Å². The summed E-state index contributed by atoms with van der Waals surface area (Å²) >= 11 is 5.88. The molecule has 10 heteroatoms. The minimum Gasteiger partial charge on any atom is -0.471 e. The summed E-state index contributed by atoms with van der Waals surface area (Å²) < 4.78 is 13.0. The van der Waals surface area contributed by atoms with E-state index in [0.717, 1.165) is 16.9 Å². The lowest BCUT2D eigenvalue weighted by molar-refractivity contribution is -0.384. The number of nitro benzene ring substituents is 1. The van der Waals surface area contributed by atoms with Crippen LogP contribution in [0.1, 0.15) is 21.6 Å². The van der Waals surface area contributed by atoms with Gasteiger partial charge >= 0.3 is 0 Å². The lowest BCUT2D eigenvalue weighted by atomic mass is 10.1. The number of benzene rings is 3. The second kappa shape index (κ2) is 10.3. The van der Waals surface area contributed by atoms with Crippen LogP contribution in [0, 0.1) is 24.0 Å². The van der Waals surface area contributed by atoms with Crippen LogP contribution in [0.2, 0.25) is 5.02 Å². The van der Waals surface area contributed by atoms with Crippen LogP contribution in [-0.2, 0) is 6.73 Å². The minimum atomic E-state index is -0.566. The smallest absolute Gasteiger partial charge is 0.276 e. The maximum atomic E-state index is 12.7. The number of aromatic nitrogens is 2. The first-order valence-corrected chi connectivity index (χ1v) is 10.9. The van der Waals surface area contributed by atoms with Crippen LogP contribution in [0.25, 0.3) is 0 Å². The van der Waals surface area contributed by atoms with E-state index in [9.17, 15) is 14.9 Å². The average molecular weight is 493 g/mol. The van der Waals surface area contributed by atoms with Gasteiger partial charge in [-0.1, -0.05) is 23.7 Å². The van der Waals surface area contributed by atoms with Gasteiger partial charge in [-0.15, -0.1) is 0 Å². The van der Waals surface area contributed by atoms with E-state index in [2.05, 4.69) is 10.4 Å². The molecule has 1 heterocycles. The summed E-state index contributed by atoms with van der Waals surface area (Å²) in [6.07, 6.45) is 1.61. The zero-order valence-electron chi connectivity index (χ0n) is 18.9. The number of ether oxygens (including phenoxy) is 2. The van der Waals surface area contributed by atoms with Gasteiger partial charge < -0.3 is 14.8 Å². The van der Waals surface area contributed by atoms with Crippen molar-refractivity contribution in [2.24, 2.45) is 0 Å². The number of nitro groups is 1. The molecule has 0 aliphatic carbocycles. The predicted molar refractivity (Wildman–Crippen MR) is 131 cm³/mol. The van der Waals surface area contributed by atoms with Gasteiger partial charge in [-0.25, -0.2) is 4.68 Å². The van der Waals surface area contributed by atoms with Crippen molar-refractivity contribution >= 4 is 28.9 Å². The van der Waals surface area contributed by atoms with E-state index in [0.29, 0.717) is 10.8 Å². The molecule has 1 N–H and O–H groups in total. The zero-order valence-corrected chi connectivity index (χ0v) is 19.7. The van der Waals surface area contributed by atoms with Crippen molar-refractivity contribution in [3.05, 3.63) is 105 Å². The standard InChI is InChI=1S/C25H21ClN4O5/c1-16-3-4-17(2)24(11-16)34-15-29-10-9-23(28-29)25(31)27-19-12-20(30(32)33)14-22(13-19)35-21-7-5-18(26)6-8-21/h3-14H,15H2,1-2H3,(H,27,31). The van der Waals surface area contributed by atoms with Crippen molar-refractivity contribution in [1.29, 1.82) is 0 Å². The highest BCUT2D eigenvalue weighted by Crippen LogP contribution is 2.30. The SMILES string of the molecule is Cc1ccc(C)c(OCn2ccc(C(=O)Nc3cc(Oc4ccc(Cl)cc4)cc([N+](=O)[O-])c3)n2)c1. The highest BCUT2D eigenvalue weighted by Gasteiger charge is 2.16. The third-order valence-electron chi connectivity index (χ3n) is 4.98. The van der Waals surface area contributed by atoms with E-state index in [4.69, 9.17) is 21.1 Å². The fraction of sp³-hybridized carbons (Fsp3) is 0.120. The molecule has 35 heavy (non-hydrogen) atoms. The molecule has 0 saturated heterocycles. The molecule has 1 aromatic heterocycles. The Bertz CT molecular complexity index is 1390. The number of amides is 1. The van der Waals surface area contributed by atoms with Crippen molar-refractivity contribution < 1.29 is 19.2 Å². The maximum absolute atomic E-state index is 12.7. The zero-order chi connectivity index (χ0) is 24.9. The predicted octanol–water partition coefficient (Wildman–Crippen LogP) is 6.14. The quantitative estimate of drug-likeness (QED) is 0.233. The van der Waals surface area contributed by atoms with Crippen LogP contribution < -0.4 is 14.8 Å². The molecule has 0 unspecified atom stereocenters. The number of rotatable bonds is 8. The van der Waals surface area contributed by atoms with E-state index in [-0.39, 0.29) is 29.5 Å². The third kappa shape index (κ3) is 6.15. The first kappa shape index (κ1) is 23.8. The summed E-state index contributed by atoms with van der Waals surface area (Å²) in [6.45, 7) is 4.04. The molecule has 0 aliphatic heterocycles. The molecule has 9 nitrogen and oxygen atoms in total. The third-order valence-corrected chi connectivity index (χ3v) is 5.23. The van der Waals surface area contributed by atoms with Gasteiger partial charge in [0.15, 0.2) is 12.4 Å². The van der Waals surface area contributed by atoms with E-state index >= 15 is 0 Å². The second-order valence-electron chi connectivity index (χ2n) is 7.77. The van der Waals surface area contributed by atoms with E-state index < -0.39 is 10.8 Å². The van der Waals surface area contributed by atoms with Crippen molar-refractivity contribution in [2.45, 2.75) is 20.6 Å². The molecule has 0 fully saturated rings. The number of halogens is 1. The molecule has 4 aromatic rings. The molecule has 0 radical (unpaired) electrons. The Morgan fingerprint density at radius 3 is 2.57 bits per heavy atom. The highest BCUT2D eigenvalue weighted by atomic mass is 35.5. The summed E-state index contributed by atoms with van der Waals surface area (Å²) in [5, 5.41) is 18.8. The molecular weight excluding hydrogens is 472 g/mol. The summed E-state index contributed by atoms with van der Waals surface area (Å²) in [6, 6.07) is 18.0. The molecule has 0 atom stereocenters. The van der Waals surface area contributed by atoms with Gasteiger partial charge in [-0.3, -0.25) is 14.9 Å². The van der Waals surface area contributed by atoms with Gasteiger partial charge in [0.2, 0.25) is 0 Å². The van der Waals surface area contributed by atoms with E-state index in [1.54, 1.807) is 30.5 Å². The Morgan fingerprint density at radius 2 is 1.83 bits per heavy atom. The molecule has 0 saturated carbocycles. The maximum Gasteiger partial charge on any atom is 0.276 e. The molecule has 0 bridgehead atoms. The summed E-state index contributed by atoms with van der Waals surface area (Å²) in [7, 11) is 0. The lowest BCUT2D eigenvalue weighted by Crippen LogP contribution is -2.14. The molecule has 0 aliphatic rings.